The van der Waals surface area contributed by atoms with Crippen molar-refractivity contribution in [3.05, 3.63) is 33.8 Å². The molecule has 1 aromatic rings. The van der Waals surface area contributed by atoms with Crippen molar-refractivity contribution >= 4 is 35.2 Å². The molecule has 1 aliphatic heterocycles. The summed E-state index contributed by atoms with van der Waals surface area (Å²) in [5.74, 6) is 0.513. The van der Waals surface area contributed by atoms with Crippen LogP contribution in [0.1, 0.15) is 45.6 Å². The molecule has 1 heterocycles. The van der Waals surface area contributed by atoms with Crippen molar-refractivity contribution in [2.75, 3.05) is 26.7 Å². The number of piperidine rings is 1. The number of benzene rings is 1. The van der Waals surface area contributed by atoms with Gasteiger partial charge in [0.15, 0.2) is 0 Å². The van der Waals surface area contributed by atoms with Gasteiger partial charge < -0.3 is 14.5 Å². The molecule has 0 aromatic heterocycles. The Hall–Kier alpha value is -1.46. The van der Waals surface area contributed by atoms with Crippen LogP contribution in [-0.4, -0.2) is 54.1 Å². The SMILES string of the molecule is CN(CC1CCN(C(=O)CCc2cccc(Cl)c2Cl)CC1)C(=O)OC(C)(C)C. The van der Waals surface area contributed by atoms with Crippen molar-refractivity contribution in [3.8, 4) is 0 Å². The van der Waals surface area contributed by atoms with Gasteiger partial charge in [0.05, 0.1) is 10.0 Å². The lowest BCUT2D eigenvalue weighted by Crippen LogP contribution is -2.43. The van der Waals surface area contributed by atoms with Gasteiger partial charge in [-0.3, -0.25) is 4.79 Å². The van der Waals surface area contributed by atoms with Crippen LogP contribution in [0.15, 0.2) is 18.2 Å². The third kappa shape index (κ3) is 6.85. The normalized spacial score (nSPS) is 15.4. The standard InChI is InChI=1S/C21H30Cl2N2O3/c1-21(2,3)28-20(27)24(4)14-15-10-12-25(13-11-15)18(26)9-8-16-6-5-7-17(22)19(16)23/h5-7,15H,8-14H2,1-4H3. The third-order valence-corrected chi connectivity index (χ3v) is 5.70. The van der Waals surface area contributed by atoms with E-state index >= 15 is 0 Å². The molecule has 156 valence electrons. The monoisotopic (exact) mass is 428 g/mol. The molecular formula is C21H30Cl2N2O3. The smallest absolute Gasteiger partial charge is 0.410 e. The van der Waals surface area contributed by atoms with Crippen molar-refractivity contribution in [2.24, 2.45) is 5.92 Å². The fourth-order valence-corrected chi connectivity index (χ4v) is 3.72. The number of aryl methyl sites for hydroxylation is 1. The van der Waals surface area contributed by atoms with Gasteiger partial charge in [0.1, 0.15) is 5.60 Å². The fraction of sp³-hybridized carbons (Fsp3) is 0.619. The van der Waals surface area contributed by atoms with Crippen LogP contribution in [0.4, 0.5) is 4.79 Å². The molecule has 1 saturated heterocycles. The summed E-state index contributed by atoms with van der Waals surface area (Å²) in [4.78, 5) is 28.2. The fourth-order valence-electron chi connectivity index (χ4n) is 3.31. The number of carbonyl (C=O) groups is 2. The van der Waals surface area contributed by atoms with E-state index in [9.17, 15) is 9.59 Å². The molecule has 7 heteroatoms. The minimum absolute atomic E-state index is 0.134. The Labute approximate surface area is 177 Å². The molecule has 0 atom stereocenters. The second kappa shape index (κ2) is 9.84. The highest BCUT2D eigenvalue weighted by Crippen LogP contribution is 2.27. The highest BCUT2D eigenvalue weighted by atomic mass is 35.5. The molecule has 5 nitrogen and oxygen atoms in total. The summed E-state index contributed by atoms with van der Waals surface area (Å²) in [5, 5.41) is 1.04. The number of hydrogen-bond donors (Lipinski definition) is 0. The van der Waals surface area contributed by atoms with Crippen molar-refractivity contribution in [1.29, 1.82) is 0 Å². The maximum atomic E-state index is 12.5. The average molecular weight is 429 g/mol. The van der Waals surface area contributed by atoms with Crippen LogP contribution >= 0.6 is 23.2 Å². The predicted molar refractivity (Wildman–Crippen MR) is 113 cm³/mol. The van der Waals surface area contributed by atoms with Crippen LogP contribution in [0.25, 0.3) is 0 Å². The molecule has 1 aromatic carbocycles. The number of nitrogens with zero attached hydrogens (tertiary/aromatic N) is 2. The van der Waals surface area contributed by atoms with E-state index in [0.29, 0.717) is 35.3 Å². The highest BCUT2D eigenvalue weighted by molar-refractivity contribution is 6.42. The minimum Gasteiger partial charge on any atom is -0.444 e. The van der Waals surface area contributed by atoms with Crippen LogP contribution in [0.3, 0.4) is 0 Å². The molecule has 0 spiro atoms. The van der Waals surface area contributed by atoms with Crippen LogP contribution in [0.5, 0.6) is 0 Å². The van der Waals surface area contributed by atoms with Gasteiger partial charge in [-0.2, -0.15) is 0 Å². The largest absolute Gasteiger partial charge is 0.444 e. The number of hydrogen-bond acceptors (Lipinski definition) is 3. The van der Waals surface area contributed by atoms with E-state index in [4.69, 9.17) is 27.9 Å². The molecule has 0 saturated carbocycles. The third-order valence-electron chi connectivity index (χ3n) is 4.84. The van der Waals surface area contributed by atoms with Gasteiger partial charge in [-0.25, -0.2) is 4.79 Å². The number of ether oxygens (including phenoxy) is 1. The molecule has 0 N–H and O–H groups in total. The molecule has 1 fully saturated rings. The van der Waals surface area contributed by atoms with Gasteiger partial charge >= 0.3 is 6.09 Å². The number of rotatable bonds is 5. The maximum Gasteiger partial charge on any atom is 0.410 e. The van der Waals surface area contributed by atoms with E-state index < -0.39 is 5.60 Å². The van der Waals surface area contributed by atoms with Crippen molar-refractivity contribution in [2.45, 2.75) is 52.1 Å². The lowest BCUT2D eigenvalue weighted by Gasteiger charge is -2.34. The molecule has 28 heavy (non-hydrogen) atoms. The van der Waals surface area contributed by atoms with Crippen molar-refractivity contribution in [3.63, 3.8) is 0 Å². The van der Waals surface area contributed by atoms with E-state index in [1.165, 1.54) is 0 Å². The second-order valence-corrected chi connectivity index (χ2v) is 9.18. The summed E-state index contributed by atoms with van der Waals surface area (Å²) in [6, 6.07) is 5.50. The molecule has 2 amide bonds. The Morgan fingerprint density at radius 1 is 1.21 bits per heavy atom. The van der Waals surface area contributed by atoms with Gasteiger partial charge in [0, 0.05) is 33.1 Å². The predicted octanol–water partition coefficient (Wildman–Crippen LogP) is 5.03. The Morgan fingerprint density at radius 2 is 1.86 bits per heavy atom. The first-order chi connectivity index (χ1) is 13.1. The van der Waals surface area contributed by atoms with Gasteiger partial charge in [0.2, 0.25) is 5.91 Å². The first-order valence-corrected chi connectivity index (χ1v) is 10.5. The number of carbonyl (C=O) groups excluding carboxylic acids is 2. The Kier molecular flexibility index (Phi) is 8.02. The first-order valence-electron chi connectivity index (χ1n) is 9.71. The van der Waals surface area contributed by atoms with E-state index in [0.717, 1.165) is 31.5 Å². The summed E-state index contributed by atoms with van der Waals surface area (Å²) in [7, 11) is 1.76. The van der Waals surface area contributed by atoms with Crippen LogP contribution < -0.4 is 0 Å². The highest BCUT2D eigenvalue weighted by Gasteiger charge is 2.26. The summed E-state index contributed by atoms with van der Waals surface area (Å²) in [6.07, 6.45) is 2.47. The van der Waals surface area contributed by atoms with E-state index in [1.54, 1.807) is 18.0 Å². The second-order valence-electron chi connectivity index (χ2n) is 8.40. The quantitative estimate of drug-likeness (QED) is 0.660. The summed E-state index contributed by atoms with van der Waals surface area (Å²) >= 11 is 12.2. The molecule has 1 aliphatic rings. The molecule has 0 aliphatic carbocycles. The first kappa shape index (κ1) is 22.8. The zero-order chi connectivity index (χ0) is 20.9. The van der Waals surface area contributed by atoms with E-state index in [-0.39, 0.29) is 12.0 Å². The molecule has 0 bridgehead atoms. The molecule has 2 rings (SSSR count). The van der Waals surface area contributed by atoms with Crippen molar-refractivity contribution in [1.82, 2.24) is 9.80 Å². The van der Waals surface area contributed by atoms with E-state index in [1.807, 2.05) is 37.8 Å². The zero-order valence-electron chi connectivity index (χ0n) is 17.1. The van der Waals surface area contributed by atoms with Crippen LogP contribution in [-0.2, 0) is 16.0 Å². The average Bonchev–Trinajstić information content (AvgIpc) is 2.62. The van der Waals surface area contributed by atoms with Crippen LogP contribution in [0, 0.1) is 5.92 Å². The molecule has 0 unspecified atom stereocenters. The number of likely N-dealkylation sites (tertiary alicyclic amines) is 1. The number of amides is 2. The Bertz CT molecular complexity index is 695. The zero-order valence-corrected chi connectivity index (χ0v) is 18.6. The van der Waals surface area contributed by atoms with E-state index in [2.05, 4.69) is 0 Å². The summed E-state index contributed by atoms with van der Waals surface area (Å²) in [5.41, 5.74) is 0.406. The van der Waals surface area contributed by atoms with Gasteiger partial charge in [-0.15, -0.1) is 0 Å². The molecule has 0 radical (unpaired) electrons. The minimum atomic E-state index is -0.493. The topological polar surface area (TPSA) is 49.9 Å². The summed E-state index contributed by atoms with van der Waals surface area (Å²) in [6.45, 7) is 7.66. The van der Waals surface area contributed by atoms with Crippen LogP contribution in [0.2, 0.25) is 10.0 Å². The van der Waals surface area contributed by atoms with Gasteiger partial charge in [0.25, 0.3) is 0 Å². The van der Waals surface area contributed by atoms with Gasteiger partial charge in [-0.1, -0.05) is 35.3 Å². The summed E-state index contributed by atoms with van der Waals surface area (Å²) < 4.78 is 5.39. The number of halogens is 2. The van der Waals surface area contributed by atoms with Crippen molar-refractivity contribution < 1.29 is 14.3 Å². The van der Waals surface area contributed by atoms with Gasteiger partial charge in [-0.05, 0) is 57.6 Å². The molecular weight excluding hydrogens is 399 g/mol. The Morgan fingerprint density at radius 3 is 2.46 bits per heavy atom. The lowest BCUT2D eigenvalue weighted by atomic mass is 9.96. The Balaban J connectivity index is 1.76. The lowest BCUT2D eigenvalue weighted by molar-refractivity contribution is -0.132. The maximum absolute atomic E-state index is 12.5.